The lowest BCUT2D eigenvalue weighted by atomic mass is 10.1. The van der Waals surface area contributed by atoms with E-state index in [2.05, 4.69) is 4.99 Å². The molecule has 14 nitrogen and oxygen atoms in total. The van der Waals surface area contributed by atoms with Crippen LogP contribution < -0.4 is 4.74 Å². The van der Waals surface area contributed by atoms with Crippen LogP contribution in [0.15, 0.2) is 34.8 Å². The third-order valence-corrected chi connectivity index (χ3v) is 5.31. The number of carbonyl (C=O) groups is 2. The Bertz CT molecular complexity index is 1290. The SMILES string of the molecule is CCOC(=O)C1=NC(S(C)(=O)=O)N(OC)C(Oc2ccc(C#N)c(C(=O)OC(C)(C)C)c2)=C1[N+](=O)[O-]. The zero-order chi connectivity index (χ0) is 27.4. The summed E-state index contributed by atoms with van der Waals surface area (Å²) in [6, 6.07) is 5.32. The number of nitrogens with zero attached hydrogens (tertiary/aromatic N) is 4. The molecule has 0 saturated carbocycles. The molecule has 0 spiro atoms. The minimum absolute atomic E-state index is 0.0740. The van der Waals surface area contributed by atoms with Gasteiger partial charge in [0.2, 0.25) is 5.71 Å². The molecule has 194 valence electrons. The topological polar surface area (TPSA) is 188 Å². The zero-order valence-electron chi connectivity index (χ0n) is 20.3. The van der Waals surface area contributed by atoms with Crippen molar-refractivity contribution in [2.75, 3.05) is 20.0 Å². The summed E-state index contributed by atoms with van der Waals surface area (Å²) in [6.45, 7) is 6.12. The molecule has 15 heteroatoms. The Balaban J connectivity index is 2.73. The number of hydrogen-bond acceptors (Lipinski definition) is 13. The first-order chi connectivity index (χ1) is 16.6. The largest absolute Gasteiger partial charge is 0.461 e. The standard InChI is InChI=1S/C21H24N4O10S/c1-7-33-19(27)15-16(25(28)29)17(24(32-5)20(23-15)36(6,30)31)34-13-9-8-12(11-22)14(10-13)18(26)35-21(2,3)4/h8-10,20H,7H2,1-6H3. The second-order valence-electron chi connectivity index (χ2n) is 8.20. The van der Waals surface area contributed by atoms with Crippen LogP contribution in [0, 0.1) is 21.4 Å². The number of carbonyl (C=O) groups excluding carboxylic acids is 2. The lowest BCUT2D eigenvalue weighted by molar-refractivity contribution is -0.421. The number of nitro groups is 1. The fraction of sp³-hybridized carbons (Fsp3) is 0.429. The maximum atomic E-state index is 12.6. The van der Waals surface area contributed by atoms with Crippen molar-refractivity contribution in [1.29, 1.82) is 5.26 Å². The number of ether oxygens (including phenoxy) is 3. The minimum atomic E-state index is -4.14. The van der Waals surface area contributed by atoms with Crippen molar-refractivity contribution in [3.8, 4) is 11.8 Å². The van der Waals surface area contributed by atoms with Gasteiger partial charge < -0.3 is 14.2 Å². The number of aliphatic imine (C=N–C) groups is 1. The molecule has 1 aromatic rings. The Morgan fingerprint density at radius 2 is 1.92 bits per heavy atom. The first-order valence-corrected chi connectivity index (χ1v) is 12.2. The van der Waals surface area contributed by atoms with Gasteiger partial charge in [0.25, 0.3) is 5.50 Å². The van der Waals surface area contributed by atoms with Crippen LogP contribution >= 0.6 is 0 Å². The number of hydroxylamine groups is 2. The third kappa shape index (κ3) is 6.34. The maximum Gasteiger partial charge on any atom is 0.364 e. The highest BCUT2D eigenvalue weighted by molar-refractivity contribution is 7.91. The first-order valence-electron chi connectivity index (χ1n) is 10.3. The molecule has 0 amide bonds. The quantitative estimate of drug-likeness (QED) is 0.271. The average molecular weight is 525 g/mol. The van der Waals surface area contributed by atoms with Gasteiger partial charge in [0, 0.05) is 6.26 Å². The lowest BCUT2D eigenvalue weighted by Gasteiger charge is -2.31. The Morgan fingerprint density at radius 1 is 1.28 bits per heavy atom. The summed E-state index contributed by atoms with van der Waals surface area (Å²) >= 11 is 0. The molecule has 0 saturated heterocycles. The van der Waals surface area contributed by atoms with Gasteiger partial charge in [-0.1, -0.05) is 0 Å². The van der Waals surface area contributed by atoms with Gasteiger partial charge in [0.1, 0.15) is 17.4 Å². The Labute approximate surface area is 206 Å². The highest BCUT2D eigenvalue weighted by Crippen LogP contribution is 2.30. The van der Waals surface area contributed by atoms with Crippen molar-refractivity contribution in [3.63, 3.8) is 0 Å². The van der Waals surface area contributed by atoms with E-state index < -0.39 is 55.1 Å². The number of benzene rings is 1. The minimum Gasteiger partial charge on any atom is -0.461 e. The number of sulfone groups is 1. The lowest BCUT2D eigenvalue weighted by Crippen LogP contribution is -2.47. The fourth-order valence-corrected chi connectivity index (χ4v) is 3.70. The molecule has 0 aliphatic carbocycles. The number of rotatable bonds is 8. The van der Waals surface area contributed by atoms with Crippen LogP contribution in [-0.2, 0) is 28.9 Å². The Morgan fingerprint density at radius 3 is 2.39 bits per heavy atom. The van der Waals surface area contributed by atoms with Crippen LogP contribution in [0.4, 0.5) is 0 Å². The molecule has 1 aromatic carbocycles. The molecule has 1 aliphatic rings. The van der Waals surface area contributed by atoms with Gasteiger partial charge in [-0.05, 0) is 45.9 Å². The Hall–Kier alpha value is -4.03. The zero-order valence-corrected chi connectivity index (χ0v) is 21.1. The highest BCUT2D eigenvalue weighted by Gasteiger charge is 2.47. The van der Waals surface area contributed by atoms with Crippen molar-refractivity contribution in [3.05, 3.63) is 51.0 Å². The molecular formula is C21H24N4O10S. The fourth-order valence-electron chi connectivity index (χ4n) is 2.88. The molecule has 0 bridgehead atoms. The second-order valence-corrected chi connectivity index (χ2v) is 10.3. The summed E-state index contributed by atoms with van der Waals surface area (Å²) in [5.41, 5.74) is -5.09. The number of nitriles is 1. The molecule has 1 heterocycles. The van der Waals surface area contributed by atoms with Crippen LogP contribution in [0.3, 0.4) is 0 Å². The van der Waals surface area contributed by atoms with E-state index in [0.717, 1.165) is 19.4 Å². The van der Waals surface area contributed by atoms with Crippen molar-refractivity contribution >= 4 is 27.5 Å². The van der Waals surface area contributed by atoms with E-state index in [1.54, 1.807) is 20.8 Å². The summed E-state index contributed by atoms with van der Waals surface area (Å²) in [6.07, 6.45) is 0.771. The average Bonchev–Trinajstić information content (AvgIpc) is 2.76. The molecular weight excluding hydrogens is 500 g/mol. The van der Waals surface area contributed by atoms with Gasteiger partial charge in [-0.3, -0.25) is 15.0 Å². The van der Waals surface area contributed by atoms with Crippen LogP contribution in [0.2, 0.25) is 0 Å². The van der Waals surface area contributed by atoms with Gasteiger partial charge in [-0.2, -0.15) is 10.3 Å². The van der Waals surface area contributed by atoms with Crippen molar-refractivity contribution in [2.24, 2.45) is 4.99 Å². The van der Waals surface area contributed by atoms with Crippen LogP contribution in [0.5, 0.6) is 5.75 Å². The molecule has 1 atom stereocenters. The van der Waals surface area contributed by atoms with E-state index in [-0.39, 0.29) is 23.5 Å². The van der Waals surface area contributed by atoms with E-state index >= 15 is 0 Å². The van der Waals surface area contributed by atoms with Gasteiger partial charge in [-0.25, -0.2) is 23.0 Å². The molecule has 0 aromatic heterocycles. The highest BCUT2D eigenvalue weighted by atomic mass is 32.2. The van der Waals surface area contributed by atoms with Gasteiger partial charge in [-0.15, -0.1) is 0 Å². The number of esters is 2. The van der Waals surface area contributed by atoms with E-state index in [4.69, 9.17) is 19.0 Å². The summed E-state index contributed by atoms with van der Waals surface area (Å²) in [5, 5.41) is 21.8. The summed E-state index contributed by atoms with van der Waals surface area (Å²) < 4.78 is 40.5. The van der Waals surface area contributed by atoms with Gasteiger partial charge >= 0.3 is 23.5 Å². The second kappa shape index (κ2) is 10.7. The maximum absolute atomic E-state index is 12.6. The summed E-state index contributed by atoms with van der Waals surface area (Å²) in [4.78, 5) is 44.7. The molecule has 0 N–H and O–H groups in total. The van der Waals surface area contributed by atoms with E-state index in [9.17, 15) is 33.4 Å². The monoisotopic (exact) mass is 524 g/mol. The van der Waals surface area contributed by atoms with E-state index in [0.29, 0.717) is 5.06 Å². The van der Waals surface area contributed by atoms with Gasteiger partial charge in [0.05, 0.1) is 29.8 Å². The predicted molar refractivity (Wildman–Crippen MR) is 123 cm³/mol. The molecule has 0 fully saturated rings. The number of hydrogen-bond donors (Lipinski definition) is 0. The summed E-state index contributed by atoms with van der Waals surface area (Å²) in [7, 11) is -3.13. The van der Waals surface area contributed by atoms with Crippen LogP contribution in [0.25, 0.3) is 0 Å². The van der Waals surface area contributed by atoms with Gasteiger partial charge in [0.15, 0.2) is 9.84 Å². The Kier molecular flexibility index (Phi) is 8.39. The molecule has 1 unspecified atom stereocenters. The molecule has 1 aliphatic heterocycles. The first kappa shape index (κ1) is 28.2. The molecule has 0 radical (unpaired) electrons. The molecule has 36 heavy (non-hydrogen) atoms. The third-order valence-electron chi connectivity index (χ3n) is 4.24. The van der Waals surface area contributed by atoms with Crippen molar-refractivity contribution in [1.82, 2.24) is 5.06 Å². The van der Waals surface area contributed by atoms with E-state index in [1.165, 1.54) is 19.1 Å². The van der Waals surface area contributed by atoms with Crippen LogP contribution in [-0.4, -0.2) is 67.1 Å². The van der Waals surface area contributed by atoms with Crippen molar-refractivity contribution in [2.45, 2.75) is 38.8 Å². The smallest absolute Gasteiger partial charge is 0.364 e. The predicted octanol–water partition coefficient (Wildman–Crippen LogP) is 1.55. The van der Waals surface area contributed by atoms with Crippen molar-refractivity contribution < 1.29 is 42.0 Å². The normalized spacial score (nSPS) is 16.1. The van der Waals surface area contributed by atoms with Crippen LogP contribution in [0.1, 0.15) is 43.6 Å². The molecule has 2 rings (SSSR count). The van der Waals surface area contributed by atoms with E-state index in [1.807, 2.05) is 6.07 Å². The summed E-state index contributed by atoms with van der Waals surface area (Å²) in [5.74, 6) is -3.19.